The van der Waals surface area contributed by atoms with E-state index in [0.717, 1.165) is 0 Å². The minimum atomic E-state index is -4.86. The first-order chi connectivity index (χ1) is 6.58. The van der Waals surface area contributed by atoms with Crippen LogP contribution in [-0.2, 0) is 29.8 Å². The molecule has 0 aliphatic rings. The van der Waals surface area contributed by atoms with Crippen LogP contribution in [0.25, 0.3) is 0 Å². The van der Waals surface area contributed by atoms with Gasteiger partial charge in [-0.2, -0.15) is 16.8 Å². The Hall–Kier alpha value is -0.840. The minimum Gasteiger partial charge on any atom is -0.295 e. The topological polar surface area (TPSA) is 143 Å². The van der Waals surface area contributed by atoms with Gasteiger partial charge in [-0.25, -0.2) is 0 Å². The molecule has 10 heteroatoms. The fraction of sp³-hybridized carbons (Fsp3) is 0.600. The summed E-state index contributed by atoms with van der Waals surface area (Å²) >= 11 is 0. The van der Waals surface area contributed by atoms with Gasteiger partial charge in [0.2, 0.25) is 5.78 Å². The molecule has 0 aliphatic carbocycles. The van der Waals surface area contributed by atoms with Gasteiger partial charge in [0.15, 0.2) is 11.5 Å². The second kappa shape index (κ2) is 4.79. The van der Waals surface area contributed by atoms with Gasteiger partial charge in [0.05, 0.1) is 5.75 Å². The lowest BCUT2D eigenvalue weighted by atomic mass is 10.2. The Morgan fingerprint density at radius 3 is 1.93 bits per heavy atom. The Kier molecular flexibility index (Phi) is 4.52. The van der Waals surface area contributed by atoms with Crippen LogP contribution in [0.1, 0.15) is 6.42 Å². The van der Waals surface area contributed by atoms with Gasteiger partial charge in [-0.15, -0.1) is 0 Å². The third kappa shape index (κ3) is 5.57. The number of carbonyl (C=O) groups is 2. The highest BCUT2D eigenvalue weighted by molar-refractivity contribution is 7.87. The first-order valence-electron chi connectivity index (χ1n) is 3.48. The number of rotatable bonds is 6. The van der Waals surface area contributed by atoms with Crippen molar-refractivity contribution in [1.29, 1.82) is 0 Å². The van der Waals surface area contributed by atoms with Crippen LogP contribution >= 0.6 is 0 Å². The molecule has 2 N–H and O–H groups in total. The van der Waals surface area contributed by atoms with Crippen LogP contribution in [-0.4, -0.2) is 49.0 Å². The molecule has 0 bridgehead atoms. The van der Waals surface area contributed by atoms with Gasteiger partial charge in [-0.05, 0) is 6.42 Å². The van der Waals surface area contributed by atoms with Gasteiger partial charge in [0.1, 0.15) is 0 Å². The van der Waals surface area contributed by atoms with E-state index in [1.807, 2.05) is 0 Å². The largest absolute Gasteiger partial charge is 0.295 e. The fourth-order valence-corrected chi connectivity index (χ4v) is 2.22. The van der Waals surface area contributed by atoms with Crippen LogP contribution in [0.4, 0.5) is 0 Å². The van der Waals surface area contributed by atoms with Crippen molar-refractivity contribution >= 4 is 32.3 Å². The highest BCUT2D eigenvalue weighted by Gasteiger charge is 2.31. The van der Waals surface area contributed by atoms with E-state index in [4.69, 9.17) is 9.11 Å². The fourth-order valence-electron chi connectivity index (χ4n) is 0.770. The summed E-state index contributed by atoms with van der Waals surface area (Å²) in [6.45, 7) is 0. The number of ketones is 1. The molecule has 0 aromatic carbocycles. The van der Waals surface area contributed by atoms with E-state index in [1.165, 1.54) is 0 Å². The molecule has 0 heterocycles. The van der Waals surface area contributed by atoms with E-state index in [9.17, 15) is 26.4 Å². The van der Waals surface area contributed by atoms with Crippen molar-refractivity contribution in [2.75, 3.05) is 5.75 Å². The number of aldehydes is 1. The third-order valence-corrected chi connectivity index (χ3v) is 3.37. The van der Waals surface area contributed by atoms with Crippen molar-refractivity contribution in [3.8, 4) is 0 Å². The molecular weight excluding hydrogens is 252 g/mol. The molecule has 1 unspecified atom stereocenters. The van der Waals surface area contributed by atoms with Crippen LogP contribution in [0, 0.1) is 0 Å². The molecule has 88 valence electrons. The van der Waals surface area contributed by atoms with E-state index in [2.05, 4.69) is 0 Å². The average Bonchev–Trinajstić information content (AvgIpc) is 1.99. The molecule has 1 atom stereocenters. The SMILES string of the molecule is O=CC(=O)C(CCS(=O)(=O)O)S(=O)(=O)O. The number of hydrogen-bond acceptors (Lipinski definition) is 6. The van der Waals surface area contributed by atoms with Gasteiger partial charge in [-0.3, -0.25) is 18.7 Å². The lowest BCUT2D eigenvalue weighted by molar-refractivity contribution is -0.129. The van der Waals surface area contributed by atoms with E-state index in [1.54, 1.807) is 0 Å². The summed E-state index contributed by atoms with van der Waals surface area (Å²) in [5, 5.41) is -2.16. The lowest BCUT2D eigenvalue weighted by Gasteiger charge is -2.07. The minimum absolute atomic E-state index is 0.345. The molecule has 0 amide bonds. The molecule has 15 heavy (non-hydrogen) atoms. The molecule has 0 radical (unpaired) electrons. The molecule has 8 nitrogen and oxygen atoms in total. The van der Waals surface area contributed by atoms with Crippen molar-refractivity contribution in [1.82, 2.24) is 0 Å². The van der Waals surface area contributed by atoms with Crippen molar-refractivity contribution in [2.24, 2.45) is 0 Å². The summed E-state index contributed by atoms with van der Waals surface area (Å²) in [4.78, 5) is 20.7. The normalized spacial score (nSPS) is 14.5. The van der Waals surface area contributed by atoms with E-state index in [0.29, 0.717) is 0 Å². The summed E-state index contributed by atoms with van der Waals surface area (Å²) in [6, 6.07) is 0. The van der Waals surface area contributed by atoms with E-state index < -0.39 is 43.4 Å². The Morgan fingerprint density at radius 2 is 1.67 bits per heavy atom. The third-order valence-electron chi connectivity index (χ3n) is 1.43. The van der Waals surface area contributed by atoms with E-state index >= 15 is 0 Å². The highest BCUT2D eigenvalue weighted by Crippen LogP contribution is 2.06. The molecule has 0 saturated carbocycles. The van der Waals surface area contributed by atoms with Crippen LogP contribution in [0.5, 0.6) is 0 Å². The second-order valence-corrected chi connectivity index (χ2v) is 5.77. The molecule has 0 aliphatic heterocycles. The standard InChI is InChI=1S/C5H8O8S2/c6-3-4(7)5(15(11,12)13)1-2-14(8,9)10/h3,5H,1-2H2,(H,8,9,10)(H,11,12,13). The zero-order valence-electron chi connectivity index (χ0n) is 7.23. The molecule has 0 spiro atoms. The quantitative estimate of drug-likeness (QED) is 0.326. The van der Waals surface area contributed by atoms with Crippen molar-refractivity contribution < 1.29 is 35.5 Å². The Balaban J connectivity index is 4.85. The summed E-state index contributed by atoms with van der Waals surface area (Å²) in [7, 11) is -9.32. The summed E-state index contributed by atoms with van der Waals surface area (Å²) in [5.41, 5.74) is 0. The van der Waals surface area contributed by atoms with Gasteiger partial charge in [-0.1, -0.05) is 0 Å². The Bertz CT molecular complexity index is 443. The first-order valence-corrected chi connectivity index (χ1v) is 6.59. The summed E-state index contributed by atoms with van der Waals surface area (Å²) < 4.78 is 58.4. The van der Waals surface area contributed by atoms with Gasteiger partial charge in [0, 0.05) is 0 Å². The van der Waals surface area contributed by atoms with Crippen molar-refractivity contribution in [3.63, 3.8) is 0 Å². The molecule has 0 rings (SSSR count). The second-order valence-electron chi connectivity index (χ2n) is 2.60. The molecule has 0 aromatic heterocycles. The number of carbonyl (C=O) groups excluding carboxylic acids is 2. The Morgan fingerprint density at radius 1 is 1.20 bits per heavy atom. The zero-order valence-corrected chi connectivity index (χ0v) is 8.86. The monoisotopic (exact) mass is 260 g/mol. The van der Waals surface area contributed by atoms with Crippen molar-refractivity contribution in [2.45, 2.75) is 11.7 Å². The molecular formula is C5H8O8S2. The Labute approximate surface area is 85.8 Å². The lowest BCUT2D eigenvalue weighted by Crippen LogP contribution is -2.32. The predicted octanol–water partition coefficient (Wildman–Crippen LogP) is -1.71. The maximum Gasteiger partial charge on any atom is 0.275 e. The highest BCUT2D eigenvalue weighted by atomic mass is 32.2. The predicted molar refractivity (Wildman–Crippen MR) is 47.4 cm³/mol. The van der Waals surface area contributed by atoms with E-state index in [-0.39, 0.29) is 6.29 Å². The molecule has 0 aromatic rings. The van der Waals surface area contributed by atoms with Crippen LogP contribution in [0.2, 0.25) is 0 Å². The summed E-state index contributed by atoms with van der Waals surface area (Å²) in [5.74, 6) is -2.52. The average molecular weight is 260 g/mol. The maximum atomic E-state index is 10.7. The molecule has 0 fully saturated rings. The number of Topliss-reactive ketones (excluding diaryl/α,β-unsaturated/α-hetero) is 1. The van der Waals surface area contributed by atoms with Crippen LogP contribution < -0.4 is 0 Å². The van der Waals surface area contributed by atoms with Gasteiger partial charge < -0.3 is 0 Å². The number of hydrogen-bond donors (Lipinski definition) is 2. The summed E-state index contributed by atoms with van der Waals surface area (Å²) in [6.07, 6.45) is -1.22. The van der Waals surface area contributed by atoms with Gasteiger partial charge >= 0.3 is 0 Å². The van der Waals surface area contributed by atoms with Crippen LogP contribution in [0.15, 0.2) is 0 Å². The smallest absolute Gasteiger partial charge is 0.275 e. The zero-order chi connectivity index (χ0) is 12.3. The van der Waals surface area contributed by atoms with Crippen LogP contribution in [0.3, 0.4) is 0 Å². The molecule has 0 saturated heterocycles. The van der Waals surface area contributed by atoms with Gasteiger partial charge in [0.25, 0.3) is 20.2 Å². The van der Waals surface area contributed by atoms with Crippen molar-refractivity contribution in [3.05, 3.63) is 0 Å². The first kappa shape index (κ1) is 14.2. The maximum absolute atomic E-state index is 10.7.